The third-order valence-corrected chi connectivity index (χ3v) is 3.51. The van der Waals surface area contributed by atoms with Crippen molar-refractivity contribution in [2.45, 2.75) is 19.8 Å². The number of nitrogen functional groups attached to an aromatic ring is 1. The van der Waals surface area contributed by atoms with Gasteiger partial charge in [0.25, 0.3) is 5.91 Å². The lowest BCUT2D eigenvalue weighted by Gasteiger charge is -2.33. The van der Waals surface area contributed by atoms with Gasteiger partial charge in [-0.05, 0) is 24.3 Å². The normalized spacial score (nSPS) is 18.0. The van der Waals surface area contributed by atoms with Crippen LogP contribution in [0.1, 0.15) is 30.1 Å². The van der Waals surface area contributed by atoms with Crippen molar-refractivity contribution in [3.8, 4) is 0 Å². The van der Waals surface area contributed by atoms with Gasteiger partial charge in [-0.25, -0.2) is 9.37 Å². The van der Waals surface area contributed by atoms with Crippen LogP contribution in [-0.4, -0.2) is 30.6 Å². The average molecular weight is 267 g/mol. The summed E-state index contributed by atoms with van der Waals surface area (Å²) in [6.07, 6.45) is 2.78. The molecule has 0 saturated carbocycles. The molecule has 0 spiro atoms. The van der Waals surface area contributed by atoms with E-state index in [4.69, 9.17) is 10.5 Å². The quantitative estimate of drug-likeness (QED) is 0.866. The number of nitrogens with one attached hydrogen (secondary N) is 1. The molecule has 5 nitrogen and oxygen atoms in total. The molecule has 1 aromatic rings. The Balaban J connectivity index is 1.99. The van der Waals surface area contributed by atoms with Crippen molar-refractivity contribution in [3.63, 3.8) is 0 Å². The van der Waals surface area contributed by atoms with Gasteiger partial charge in [0.15, 0.2) is 0 Å². The van der Waals surface area contributed by atoms with Crippen LogP contribution in [0.15, 0.2) is 12.3 Å². The van der Waals surface area contributed by atoms with Crippen LogP contribution in [0.4, 0.5) is 10.2 Å². The van der Waals surface area contributed by atoms with E-state index in [1.54, 1.807) is 0 Å². The highest BCUT2D eigenvalue weighted by atomic mass is 19.1. The molecule has 0 aromatic carbocycles. The topological polar surface area (TPSA) is 77.2 Å². The largest absolute Gasteiger partial charge is 0.383 e. The Kier molecular flexibility index (Phi) is 3.99. The van der Waals surface area contributed by atoms with Gasteiger partial charge in [-0.1, -0.05) is 6.92 Å². The molecule has 1 aliphatic heterocycles. The number of carbonyl (C=O) groups excluding carboxylic acids is 1. The van der Waals surface area contributed by atoms with Gasteiger partial charge in [0.1, 0.15) is 11.6 Å². The molecule has 1 aliphatic rings. The van der Waals surface area contributed by atoms with Gasteiger partial charge in [0, 0.05) is 19.8 Å². The van der Waals surface area contributed by atoms with Crippen LogP contribution < -0.4 is 11.1 Å². The Morgan fingerprint density at radius 1 is 1.58 bits per heavy atom. The van der Waals surface area contributed by atoms with E-state index in [1.165, 1.54) is 0 Å². The van der Waals surface area contributed by atoms with Gasteiger partial charge in [-0.3, -0.25) is 4.79 Å². The molecular formula is C13H18FN3O2. The van der Waals surface area contributed by atoms with Crippen molar-refractivity contribution < 1.29 is 13.9 Å². The summed E-state index contributed by atoms with van der Waals surface area (Å²) in [7, 11) is 0. The van der Waals surface area contributed by atoms with Gasteiger partial charge < -0.3 is 15.8 Å². The Morgan fingerprint density at radius 3 is 2.95 bits per heavy atom. The van der Waals surface area contributed by atoms with Crippen LogP contribution >= 0.6 is 0 Å². The second-order valence-corrected chi connectivity index (χ2v) is 5.19. The third kappa shape index (κ3) is 3.41. The molecule has 0 radical (unpaired) electrons. The van der Waals surface area contributed by atoms with Crippen molar-refractivity contribution in [1.82, 2.24) is 10.3 Å². The van der Waals surface area contributed by atoms with Gasteiger partial charge in [0.05, 0.1) is 11.8 Å². The van der Waals surface area contributed by atoms with Gasteiger partial charge in [0.2, 0.25) is 0 Å². The minimum Gasteiger partial charge on any atom is -0.383 e. The van der Waals surface area contributed by atoms with Crippen molar-refractivity contribution in [2.75, 3.05) is 25.5 Å². The number of anilines is 1. The first-order valence-corrected chi connectivity index (χ1v) is 6.27. The number of hydrogen-bond acceptors (Lipinski definition) is 4. The molecule has 1 amide bonds. The fourth-order valence-corrected chi connectivity index (χ4v) is 2.06. The van der Waals surface area contributed by atoms with E-state index < -0.39 is 11.7 Å². The average Bonchev–Trinajstić information content (AvgIpc) is 2.40. The molecule has 0 atom stereocenters. The van der Waals surface area contributed by atoms with Gasteiger partial charge in [-0.15, -0.1) is 0 Å². The van der Waals surface area contributed by atoms with E-state index >= 15 is 0 Å². The Hall–Kier alpha value is -1.69. The molecular weight excluding hydrogens is 249 g/mol. The molecule has 2 rings (SSSR count). The zero-order valence-electron chi connectivity index (χ0n) is 10.9. The van der Waals surface area contributed by atoms with Crippen LogP contribution in [0, 0.1) is 11.2 Å². The summed E-state index contributed by atoms with van der Waals surface area (Å²) in [6.45, 7) is 4.03. The second-order valence-electron chi connectivity index (χ2n) is 5.19. The van der Waals surface area contributed by atoms with Crippen LogP contribution in [0.5, 0.6) is 0 Å². The minimum absolute atomic E-state index is 0.0173. The van der Waals surface area contributed by atoms with E-state index in [9.17, 15) is 9.18 Å². The van der Waals surface area contributed by atoms with Crippen molar-refractivity contribution in [1.29, 1.82) is 0 Å². The Labute approximate surface area is 111 Å². The van der Waals surface area contributed by atoms with Crippen LogP contribution in [0.25, 0.3) is 0 Å². The van der Waals surface area contributed by atoms with E-state index in [0.29, 0.717) is 19.8 Å². The van der Waals surface area contributed by atoms with Crippen LogP contribution in [-0.2, 0) is 4.74 Å². The second kappa shape index (κ2) is 5.52. The number of aromatic nitrogens is 1. The molecule has 1 saturated heterocycles. The Morgan fingerprint density at radius 2 is 2.26 bits per heavy atom. The molecule has 2 heterocycles. The summed E-state index contributed by atoms with van der Waals surface area (Å²) < 4.78 is 18.4. The number of carbonyl (C=O) groups is 1. The molecule has 19 heavy (non-hydrogen) atoms. The fourth-order valence-electron chi connectivity index (χ4n) is 2.06. The lowest BCUT2D eigenvalue weighted by molar-refractivity contribution is 0.0238. The number of halogens is 1. The number of amides is 1. The Bertz CT molecular complexity index is 473. The molecule has 0 aliphatic carbocycles. The lowest BCUT2D eigenvalue weighted by atomic mass is 9.82. The smallest absolute Gasteiger partial charge is 0.255 e. The van der Waals surface area contributed by atoms with Crippen molar-refractivity contribution >= 4 is 11.7 Å². The summed E-state index contributed by atoms with van der Waals surface area (Å²) in [5.41, 5.74) is 5.67. The molecule has 3 N–H and O–H groups in total. The van der Waals surface area contributed by atoms with Crippen molar-refractivity contribution in [2.24, 2.45) is 5.41 Å². The SMILES string of the molecule is CC1(CNC(=O)c2cc(F)cnc2N)CCOCC1. The molecule has 0 bridgehead atoms. The minimum atomic E-state index is -0.573. The van der Waals surface area contributed by atoms with E-state index in [1.807, 2.05) is 0 Å². The predicted molar refractivity (Wildman–Crippen MR) is 69.1 cm³/mol. The maximum Gasteiger partial charge on any atom is 0.255 e. The fraction of sp³-hybridized carbons (Fsp3) is 0.538. The highest BCUT2D eigenvalue weighted by Gasteiger charge is 2.28. The first-order valence-electron chi connectivity index (χ1n) is 6.27. The third-order valence-electron chi connectivity index (χ3n) is 3.51. The van der Waals surface area contributed by atoms with Crippen molar-refractivity contribution in [3.05, 3.63) is 23.6 Å². The van der Waals surface area contributed by atoms with Gasteiger partial charge in [-0.2, -0.15) is 0 Å². The summed E-state index contributed by atoms with van der Waals surface area (Å²) in [5.74, 6) is -0.926. The first-order chi connectivity index (χ1) is 9.00. The van der Waals surface area contributed by atoms with E-state index in [2.05, 4.69) is 17.2 Å². The maximum atomic E-state index is 13.1. The zero-order chi connectivity index (χ0) is 13.9. The number of nitrogens with two attached hydrogens (primary N) is 1. The molecule has 6 heteroatoms. The summed E-state index contributed by atoms with van der Waals surface area (Å²) in [4.78, 5) is 15.6. The van der Waals surface area contributed by atoms with Crippen LogP contribution in [0.2, 0.25) is 0 Å². The number of hydrogen-bond donors (Lipinski definition) is 2. The predicted octanol–water partition coefficient (Wildman–Crippen LogP) is 1.35. The highest BCUT2D eigenvalue weighted by molar-refractivity contribution is 5.98. The number of ether oxygens (including phenoxy) is 1. The number of pyridine rings is 1. The standard InChI is InChI=1S/C13H18FN3O2/c1-13(2-4-19-5-3-13)8-17-12(18)10-6-9(14)7-16-11(10)15/h6-7H,2-5,8H2,1H3,(H2,15,16)(H,17,18). The summed E-state index contributed by atoms with van der Waals surface area (Å²) in [5, 5.41) is 2.80. The number of nitrogens with zero attached hydrogens (tertiary/aromatic N) is 1. The zero-order valence-corrected chi connectivity index (χ0v) is 10.9. The molecule has 0 unspecified atom stereocenters. The van der Waals surface area contributed by atoms with Gasteiger partial charge >= 0.3 is 0 Å². The highest BCUT2D eigenvalue weighted by Crippen LogP contribution is 2.28. The summed E-state index contributed by atoms with van der Waals surface area (Å²) in [6, 6.07) is 1.10. The molecule has 1 aromatic heterocycles. The number of rotatable bonds is 3. The summed E-state index contributed by atoms with van der Waals surface area (Å²) >= 11 is 0. The molecule has 1 fully saturated rings. The maximum absolute atomic E-state index is 13.1. The monoisotopic (exact) mass is 267 g/mol. The van der Waals surface area contributed by atoms with E-state index in [0.717, 1.165) is 25.1 Å². The molecule has 104 valence electrons. The first kappa shape index (κ1) is 13.7. The van der Waals surface area contributed by atoms with Crippen LogP contribution in [0.3, 0.4) is 0 Å². The lowest BCUT2D eigenvalue weighted by Crippen LogP contribution is -2.39. The van der Waals surface area contributed by atoms with E-state index in [-0.39, 0.29) is 16.8 Å².